The smallest absolute Gasteiger partial charge is 0.233 e. The number of thioether (sulfide) groups is 1. The van der Waals surface area contributed by atoms with Crippen molar-refractivity contribution in [3.05, 3.63) is 36.4 Å². The first-order valence-corrected chi connectivity index (χ1v) is 7.24. The van der Waals surface area contributed by atoms with Gasteiger partial charge in [-0.3, -0.25) is 4.79 Å². The maximum absolute atomic E-state index is 12.0. The lowest BCUT2D eigenvalue weighted by Gasteiger charge is -2.20. The number of ether oxygens (including phenoxy) is 1. The summed E-state index contributed by atoms with van der Waals surface area (Å²) in [5.74, 6) is 1.42. The summed E-state index contributed by atoms with van der Waals surface area (Å²) in [5.41, 5.74) is 1.00. The van der Waals surface area contributed by atoms with E-state index in [9.17, 15) is 4.79 Å². The lowest BCUT2D eigenvalue weighted by atomic mass is 10.3. The summed E-state index contributed by atoms with van der Waals surface area (Å²) >= 11 is 1.54. The molecule has 19 heavy (non-hydrogen) atoms. The minimum Gasteiger partial charge on any atom is -0.497 e. The summed E-state index contributed by atoms with van der Waals surface area (Å²) in [7, 11) is 1.64. The molecule has 0 heterocycles. The fourth-order valence-corrected chi connectivity index (χ4v) is 2.41. The predicted octanol–water partition coefficient (Wildman–Crippen LogP) is 3.21. The Balaban J connectivity index is 2.49. The lowest BCUT2D eigenvalue weighted by Crippen LogP contribution is -2.33. The summed E-state index contributed by atoms with van der Waals surface area (Å²) in [5, 5.41) is 0. The molecule has 0 unspecified atom stereocenters. The second-order valence-corrected chi connectivity index (χ2v) is 5.38. The molecule has 0 N–H and O–H groups in total. The van der Waals surface area contributed by atoms with Crippen LogP contribution in [0.3, 0.4) is 0 Å². The number of carbonyl (C=O) groups excluding carboxylic acids is 1. The van der Waals surface area contributed by atoms with Gasteiger partial charge in [-0.1, -0.05) is 12.2 Å². The van der Waals surface area contributed by atoms with E-state index in [4.69, 9.17) is 4.74 Å². The fourth-order valence-electron chi connectivity index (χ4n) is 1.61. The predicted molar refractivity (Wildman–Crippen MR) is 80.8 cm³/mol. The van der Waals surface area contributed by atoms with Gasteiger partial charge >= 0.3 is 0 Å². The Kier molecular flexibility index (Phi) is 6.50. The monoisotopic (exact) mass is 279 g/mol. The first-order valence-electron chi connectivity index (χ1n) is 6.25. The zero-order valence-electron chi connectivity index (χ0n) is 11.8. The van der Waals surface area contributed by atoms with Crippen LogP contribution in [0.1, 0.15) is 13.8 Å². The lowest BCUT2D eigenvalue weighted by molar-refractivity contribution is -0.127. The highest BCUT2D eigenvalue weighted by molar-refractivity contribution is 8.00. The van der Waals surface area contributed by atoms with Gasteiger partial charge in [0.1, 0.15) is 5.75 Å². The van der Waals surface area contributed by atoms with Crippen LogP contribution in [-0.4, -0.2) is 36.8 Å². The van der Waals surface area contributed by atoms with E-state index in [2.05, 4.69) is 6.58 Å². The molecule has 0 radical (unpaired) electrons. The normalized spacial score (nSPS) is 10.1. The van der Waals surface area contributed by atoms with Gasteiger partial charge in [0, 0.05) is 18.0 Å². The summed E-state index contributed by atoms with van der Waals surface area (Å²) in [6, 6.07) is 7.73. The van der Waals surface area contributed by atoms with Crippen molar-refractivity contribution in [2.45, 2.75) is 18.7 Å². The van der Waals surface area contributed by atoms with Gasteiger partial charge < -0.3 is 9.64 Å². The zero-order valence-corrected chi connectivity index (χ0v) is 12.6. The standard InChI is InChI=1S/C15H21NO2S/c1-5-16(10-12(2)3)15(17)11-19-14-8-6-13(18-4)7-9-14/h6-9H,2,5,10-11H2,1,3-4H3. The number of hydrogen-bond donors (Lipinski definition) is 0. The second-order valence-electron chi connectivity index (χ2n) is 4.33. The van der Waals surface area contributed by atoms with Crippen molar-refractivity contribution < 1.29 is 9.53 Å². The van der Waals surface area contributed by atoms with Crippen LogP contribution < -0.4 is 4.74 Å². The number of hydrogen-bond acceptors (Lipinski definition) is 3. The molecule has 0 atom stereocenters. The number of benzene rings is 1. The Morgan fingerprint density at radius 1 is 1.37 bits per heavy atom. The van der Waals surface area contributed by atoms with Crippen LogP contribution in [0.4, 0.5) is 0 Å². The molecule has 4 heteroatoms. The van der Waals surface area contributed by atoms with Gasteiger partial charge in [-0.15, -0.1) is 11.8 Å². The summed E-state index contributed by atoms with van der Waals surface area (Å²) < 4.78 is 5.10. The minimum atomic E-state index is 0.145. The van der Waals surface area contributed by atoms with E-state index in [1.54, 1.807) is 18.9 Å². The Hall–Kier alpha value is -1.42. The average molecular weight is 279 g/mol. The van der Waals surface area contributed by atoms with Gasteiger partial charge in [0.25, 0.3) is 0 Å². The summed E-state index contributed by atoms with van der Waals surface area (Å²) in [4.78, 5) is 14.9. The third-order valence-electron chi connectivity index (χ3n) is 2.62. The van der Waals surface area contributed by atoms with Crippen LogP contribution >= 0.6 is 11.8 Å². The molecule has 1 rings (SSSR count). The molecule has 0 spiro atoms. The largest absolute Gasteiger partial charge is 0.497 e. The van der Waals surface area contributed by atoms with Crippen LogP contribution in [-0.2, 0) is 4.79 Å². The molecule has 3 nitrogen and oxygen atoms in total. The van der Waals surface area contributed by atoms with Crippen LogP contribution in [0, 0.1) is 0 Å². The molecule has 0 aromatic heterocycles. The van der Waals surface area contributed by atoms with Crippen LogP contribution in [0.25, 0.3) is 0 Å². The van der Waals surface area contributed by atoms with Crippen molar-refractivity contribution in [2.24, 2.45) is 0 Å². The number of carbonyl (C=O) groups is 1. The van der Waals surface area contributed by atoms with Gasteiger partial charge in [0.05, 0.1) is 12.9 Å². The van der Waals surface area contributed by atoms with E-state index < -0.39 is 0 Å². The Morgan fingerprint density at radius 2 is 2.00 bits per heavy atom. The fraction of sp³-hybridized carbons (Fsp3) is 0.400. The van der Waals surface area contributed by atoms with E-state index >= 15 is 0 Å². The van der Waals surface area contributed by atoms with Gasteiger partial charge in [-0.25, -0.2) is 0 Å². The minimum absolute atomic E-state index is 0.145. The molecule has 0 bridgehead atoms. The molecule has 0 aliphatic heterocycles. The maximum atomic E-state index is 12.0. The number of methoxy groups -OCH3 is 1. The zero-order chi connectivity index (χ0) is 14.3. The molecular weight excluding hydrogens is 258 g/mol. The molecule has 1 aromatic rings. The SMILES string of the molecule is C=C(C)CN(CC)C(=O)CSc1ccc(OC)cc1. The van der Waals surface area contributed by atoms with Crippen molar-refractivity contribution in [2.75, 3.05) is 26.0 Å². The first kappa shape index (κ1) is 15.6. The second kappa shape index (κ2) is 7.89. The van der Waals surface area contributed by atoms with Gasteiger partial charge in [-0.05, 0) is 38.1 Å². The Labute approximate surface area is 119 Å². The number of nitrogens with zero attached hydrogens (tertiary/aromatic N) is 1. The van der Waals surface area contributed by atoms with E-state index in [1.165, 1.54) is 0 Å². The van der Waals surface area contributed by atoms with Gasteiger partial charge in [0.15, 0.2) is 0 Å². The molecule has 0 saturated heterocycles. The van der Waals surface area contributed by atoms with Crippen molar-refractivity contribution in [1.29, 1.82) is 0 Å². The van der Waals surface area contributed by atoms with E-state index in [0.717, 1.165) is 22.8 Å². The third kappa shape index (κ3) is 5.39. The third-order valence-corrected chi connectivity index (χ3v) is 3.61. The maximum Gasteiger partial charge on any atom is 0.233 e. The average Bonchev–Trinajstić information content (AvgIpc) is 2.42. The molecule has 1 aromatic carbocycles. The Morgan fingerprint density at radius 3 is 2.47 bits per heavy atom. The molecule has 1 amide bonds. The van der Waals surface area contributed by atoms with Crippen LogP contribution in [0.15, 0.2) is 41.3 Å². The highest BCUT2D eigenvalue weighted by Crippen LogP contribution is 2.21. The molecule has 0 saturated carbocycles. The molecular formula is C15H21NO2S. The van der Waals surface area contributed by atoms with Crippen molar-refractivity contribution >= 4 is 17.7 Å². The van der Waals surface area contributed by atoms with Crippen LogP contribution in [0.5, 0.6) is 5.75 Å². The molecule has 104 valence electrons. The highest BCUT2D eigenvalue weighted by atomic mass is 32.2. The first-order chi connectivity index (χ1) is 9.06. The number of likely N-dealkylation sites (N-methyl/N-ethyl adjacent to an activating group) is 1. The van der Waals surface area contributed by atoms with Crippen LogP contribution in [0.2, 0.25) is 0 Å². The van der Waals surface area contributed by atoms with Crippen molar-refractivity contribution in [3.8, 4) is 5.75 Å². The van der Waals surface area contributed by atoms with Gasteiger partial charge in [0.2, 0.25) is 5.91 Å². The molecule has 0 fully saturated rings. The number of amides is 1. The highest BCUT2D eigenvalue weighted by Gasteiger charge is 2.11. The topological polar surface area (TPSA) is 29.5 Å². The van der Waals surface area contributed by atoms with E-state index in [1.807, 2.05) is 43.0 Å². The van der Waals surface area contributed by atoms with E-state index in [0.29, 0.717) is 12.3 Å². The number of rotatable bonds is 7. The van der Waals surface area contributed by atoms with Gasteiger partial charge in [-0.2, -0.15) is 0 Å². The summed E-state index contributed by atoms with van der Waals surface area (Å²) in [6.45, 7) is 9.12. The van der Waals surface area contributed by atoms with E-state index in [-0.39, 0.29) is 5.91 Å². The quantitative estimate of drug-likeness (QED) is 0.567. The molecule has 0 aliphatic rings. The molecule has 0 aliphatic carbocycles. The Bertz CT molecular complexity index is 428. The van der Waals surface area contributed by atoms with Crippen molar-refractivity contribution in [1.82, 2.24) is 4.90 Å². The summed E-state index contributed by atoms with van der Waals surface area (Å²) in [6.07, 6.45) is 0. The van der Waals surface area contributed by atoms with Crippen molar-refractivity contribution in [3.63, 3.8) is 0 Å².